The number of hydrogen-bond acceptors (Lipinski definition) is 7. The summed E-state index contributed by atoms with van der Waals surface area (Å²) < 4.78 is 0. The number of carbonyl (C=O) groups excluding carboxylic acids is 2. The number of amidine groups is 1. The Morgan fingerprint density at radius 3 is 2.61 bits per heavy atom. The lowest BCUT2D eigenvalue weighted by molar-refractivity contribution is -0.118. The number of carbonyl (C=O) groups is 2. The molecule has 2 amide bonds. The highest BCUT2D eigenvalue weighted by Gasteiger charge is 2.18. The van der Waals surface area contributed by atoms with Gasteiger partial charge in [-0.2, -0.15) is 0 Å². The normalized spacial score (nSPS) is 16.6. The maximum absolute atomic E-state index is 12.7. The van der Waals surface area contributed by atoms with Crippen molar-refractivity contribution in [3.8, 4) is 0 Å². The second-order valence-corrected chi connectivity index (χ2v) is 9.89. The molecule has 1 saturated heterocycles. The number of benzene rings is 1. The van der Waals surface area contributed by atoms with E-state index < -0.39 is 0 Å². The highest BCUT2D eigenvalue weighted by atomic mass is 16.1. The van der Waals surface area contributed by atoms with E-state index >= 15 is 0 Å². The minimum absolute atomic E-state index is 0.188. The number of nitrogens with zero attached hydrogens (tertiary/aromatic N) is 4. The minimum atomic E-state index is -0.207. The van der Waals surface area contributed by atoms with Gasteiger partial charge in [-0.25, -0.2) is 9.98 Å². The second kappa shape index (κ2) is 14.3. The molecule has 0 saturated carbocycles. The molecule has 38 heavy (non-hydrogen) atoms. The minimum Gasteiger partial charge on any atom is -0.387 e. The first-order valence-electron chi connectivity index (χ1n) is 13.4. The van der Waals surface area contributed by atoms with Gasteiger partial charge in [0.05, 0.1) is 17.6 Å². The Labute approximate surface area is 226 Å². The Kier molecular flexibility index (Phi) is 10.8. The third-order valence-electron chi connectivity index (χ3n) is 6.38. The highest BCUT2D eigenvalue weighted by Crippen LogP contribution is 2.28. The first kappa shape index (κ1) is 28.8. The van der Waals surface area contributed by atoms with Gasteiger partial charge in [0.2, 0.25) is 6.41 Å². The lowest BCUT2D eigenvalue weighted by Crippen LogP contribution is -2.43. The van der Waals surface area contributed by atoms with E-state index in [2.05, 4.69) is 40.1 Å². The molecule has 2 aromatic rings. The summed E-state index contributed by atoms with van der Waals surface area (Å²) in [5.74, 6) is 1.23. The predicted octanol–water partition coefficient (Wildman–Crippen LogP) is 4.32. The van der Waals surface area contributed by atoms with Crippen LogP contribution in [0.2, 0.25) is 0 Å². The van der Waals surface area contributed by atoms with Crippen LogP contribution >= 0.6 is 0 Å². The zero-order valence-corrected chi connectivity index (χ0v) is 22.8. The number of nitrogens with two attached hydrogens (primary N) is 2. The van der Waals surface area contributed by atoms with Crippen LogP contribution in [0.1, 0.15) is 68.8 Å². The first-order valence-corrected chi connectivity index (χ1v) is 13.4. The number of amides is 2. The Hall–Kier alpha value is -3.72. The van der Waals surface area contributed by atoms with E-state index in [1.165, 1.54) is 0 Å². The highest BCUT2D eigenvalue weighted by molar-refractivity contribution is 6.05. The molecule has 204 valence electrons. The van der Waals surface area contributed by atoms with Gasteiger partial charge in [0, 0.05) is 49.8 Å². The van der Waals surface area contributed by atoms with Crippen molar-refractivity contribution in [3.05, 3.63) is 53.2 Å². The summed E-state index contributed by atoms with van der Waals surface area (Å²) in [6, 6.07) is 9.44. The van der Waals surface area contributed by atoms with Gasteiger partial charge in [0.25, 0.3) is 5.91 Å². The van der Waals surface area contributed by atoms with Crippen LogP contribution in [0.25, 0.3) is 6.08 Å². The van der Waals surface area contributed by atoms with E-state index in [9.17, 15) is 9.59 Å². The third kappa shape index (κ3) is 8.41. The molecular weight excluding hydrogens is 478 g/mol. The summed E-state index contributed by atoms with van der Waals surface area (Å²) >= 11 is 0. The maximum Gasteiger partial charge on any atom is 0.255 e. The molecule has 1 aromatic carbocycles. The predicted molar refractivity (Wildman–Crippen MR) is 156 cm³/mol. The van der Waals surface area contributed by atoms with Crippen molar-refractivity contribution in [2.45, 2.75) is 58.9 Å². The standard InChI is InChI=1S/C22H26N6O.C7H15NO/c1-14-9-15-4-5-16(11-19(15)27-20(24)10-14)22(29)26-18-6-7-21(25-12-18)28-8-2-3-17(23)13-28;1-3-5-8(7-9)6-4-2/h4-7,9,11-12,17H,2-3,8,10,13,23H2,1H3,(H2,24,27)(H,26,29);7H,3-6H2,1-2H3. The summed E-state index contributed by atoms with van der Waals surface area (Å²) in [5, 5.41) is 2.90. The Morgan fingerprint density at radius 2 is 1.97 bits per heavy atom. The molecule has 1 aromatic heterocycles. The van der Waals surface area contributed by atoms with Crippen LogP contribution in [0, 0.1) is 0 Å². The lowest BCUT2D eigenvalue weighted by atomic mass is 10.1. The van der Waals surface area contributed by atoms with Crippen LogP contribution in [-0.4, -0.2) is 60.3 Å². The van der Waals surface area contributed by atoms with Gasteiger partial charge in [-0.15, -0.1) is 0 Å². The molecule has 0 spiro atoms. The fraction of sp³-hybridized carbons (Fsp3) is 0.448. The van der Waals surface area contributed by atoms with E-state index in [0.717, 1.165) is 75.2 Å². The topological polar surface area (TPSA) is 130 Å². The first-order chi connectivity index (χ1) is 18.3. The fourth-order valence-electron chi connectivity index (χ4n) is 4.56. The van der Waals surface area contributed by atoms with Crippen molar-refractivity contribution in [1.82, 2.24) is 9.88 Å². The lowest BCUT2D eigenvalue weighted by Gasteiger charge is -2.31. The van der Waals surface area contributed by atoms with Crippen molar-refractivity contribution >= 4 is 41.4 Å². The van der Waals surface area contributed by atoms with Crippen LogP contribution in [-0.2, 0) is 4.79 Å². The van der Waals surface area contributed by atoms with E-state index in [0.29, 0.717) is 29.2 Å². The maximum atomic E-state index is 12.7. The number of hydrogen-bond donors (Lipinski definition) is 3. The van der Waals surface area contributed by atoms with Gasteiger partial charge < -0.3 is 26.6 Å². The summed E-state index contributed by atoms with van der Waals surface area (Å²) in [6.45, 7) is 9.74. The summed E-state index contributed by atoms with van der Waals surface area (Å²) in [6.07, 6.45) is 9.52. The molecule has 1 atom stereocenters. The van der Waals surface area contributed by atoms with Crippen molar-refractivity contribution in [3.63, 3.8) is 0 Å². The largest absolute Gasteiger partial charge is 0.387 e. The van der Waals surface area contributed by atoms with Crippen molar-refractivity contribution in [1.29, 1.82) is 0 Å². The second-order valence-electron chi connectivity index (χ2n) is 9.89. The Bertz CT molecular complexity index is 1140. The molecule has 1 fully saturated rings. The number of rotatable bonds is 8. The number of anilines is 2. The van der Waals surface area contributed by atoms with E-state index in [4.69, 9.17) is 11.5 Å². The summed E-state index contributed by atoms with van der Waals surface area (Å²) in [7, 11) is 0. The molecule has 0 bridgehead atoms. The molecule has 0 aliphatic carbocycles. The third-order valence-corrected chi connectivity index (χ3v) is 6.38. The van der Waals surface area contributed by atoms with Gasteiger partial charge >= 0.3 is 0 Å². The van der Waals surface area contributed by atoms with Crippen LogP contribution in [0.15, 0.2) is 47.1 Å². The molecule has 2 aliphatic heterocycles. The molecule has 5 N–H and O–H groups in total. The van der Waals surface area contributed by atoms with E-state index in [1.807, 2.05) is 25.1 Å². The molecule has 0 radical (unpaired) electrons. The molecule has 1 unspecified atom stereocenters. The quantitative estimate of drug-likeness (QED) is 0.445. The van der Waals surface area contributed by atoms with Gasteiger partial charge in [0.15, 0.2) is 0 Å². The van der Waals surface area contributed by atoms with Crippen LogP contribution < -0.4 is 21.7 Å². The fourth-order valence-corrected chi connectivity index (χ4v) is 4.56. The summed E-state index contributed by atoms with van der Waals surface area (Å²) in [4.78, 5) is 35.8. The Morgan fingerprint density at radius 1 is 1.21 bits per heavy atom. The molecular formula is C29H41N7O2. The van der Waals surface area contributed by atoms with E-state index in [-0.39, 0.29) is 11.9 Å². The smallest absolute Gasteiger partial charge is 0.255 e. The summed E-state index contributed by atoms with van der Waals surface area (Å²) in [5.41, 5.74) is 16.0. The SMILES string of the molecule is CC1=Cc2ccc(C(=O)Nc3ccc(N4CCCC(N)C4)nc3)cc2N=C(N)C1.CCCN(C=O)CCC. The molecule has 4 rings (SSSR count). The number of aliphatic imine (C=N–C) groups is 1. The average Bonchev–Trinajstić information content (AvgIpc) is 3.04. The number of fused-ring (bicyclic) bond motifs is 1. The molecule has 9 nitrogen and oxygen atoms in total. The van der Waals surface area contributed by atoms with Crippen LogP contribution in [0.5, 0.6) is 0 Å². The van der Waals surface area contributed by atoms with Crippen LogP contribution in [0.3, 0.4) is 0 Å². The molecule has 2 aliphatic rings. The average molecular weight is 520 g/mol. The molecule has 3 heterocycles. The van der Waals surface area contributed by atoms with Crippen LogP contribution in [0.4, 0.5) is 17.2 Å². The van der Waals surface area contributed by atoms with E-state index in [1.54, 1.807) is 23.2 Å². The Balaban J connectivity index is 0.000000383. The number of aromatic nitrogens is 1. The number of nitrogens with one attached hydrogen (secondary N) is 1. The molecule has 9 heteroatoms. The monoisotopic (exact) mass is 519 g/mol. The van der Waals surface area contributed by atoms with Crippen molar-refractivity contribution in [2.24, 2.45) is 16.5 Å². The zero-order valence-electron chi connectivity index (χ0n) is 22.8. The zero-order chi connectivity index (χ0) is 27.5. The number of pyridine rings is 1. The van der Waals surface area contributed by atoms with Crippen molar-refractivity contribution < 1.29 is 9.59 Å². The van der Waals surface area contributed by atoms with Gasteiger partial charge in [-0.05, 0) is 56.9 Å². The van der Waals surface area contributed by atoms with Gasteiger partial charge in [-0.3, -0.25) is 9.59 Å². The number of piperidine rings is 1. The van der Waals surface area contributed by atoms with Gasteiger partial charge in [0.1, 0.15) is 11.7 Å². The van der Waals surface area contributed by atoms with Gasteiger partial charge in [-0.1, -0.05) is 31.6 Å². The van der Waals surface area contributed by atoms with Crippen molar-refractivity contribution in [2.75, 3.05) is 36.4 Å².